The van der Waals surface area contributed by atoms with Crippen molar-refractivity contribution in [2.45, 2.75) is 33.4 Å². The lowest BCUT2D eigenvalue weighted by molar-refractivity contribution is -0.119. The molecular formula is C20H23N3O. The Bertz CT molecular complexity index is 734. The predicted octanol–water partition coefficient (Wildman–Crippen LogP) is 3.83. The van der Waals surface area contributed by atoms with Crippen LogP contribution in [0.1, 0.15) is 37.0 Å². The van der Waals surface area contributed by atoms with Gasteiger partial charge in [0.2, 0.25) is 5.91 Å². The molecule has 2 aromatic rings. The fraction of sp³-hybridized carbons (Fsp3) is 0.300. The first-order valence-corrected chi connectivity index (χ1v) is 8.22. The third-order valence-corrected chi connectivity index (χ3v) is 3.97. The van der Waals surface area contributed by atoms with E-state index in [1.807, 2.05) is 56.3 Å². The fourth-order valence-electron chi connectivity index (χ4n) is 2.31. The number of carbonyl (C=O) groups excluding carboxylic acids is 1. The molecule has 0 spiro atoms. The van der Waals surface area contributed by atoms with Gasteiger partial charge in [0.05, 0.1) is 11.6 Å². The molecule has 1 unspecified atom stereocenters. The van der Waals surface area contributed by atoms with Crippen LogP contribution in [0, 0.1) is 17.2 Å². The smallest absolute Gasteiger partial charge is 0.227 e. The van der Waals surface area contributed by atoms with Crippen molar-refractivity contribution >= 4 is 11.6 Å². The van der Waals surface area contributed by atoms with E-state index < -0.39 is 0 Å². The molecule has 24 heavy (non-hydrogen) atoms. The Balaban J connectivity index is 1.90. The lowest BCUT2D eigenvalue weighted by atomic mass is 10.1. The average molecular weight is 321 g/mol. The second-order valence-corrected chi connectivity index (χ2v) is 5.91. The number of amides is 1. The van der Waals surface area contributed by atoms with Crippen LogP contribution in [-0.4, -0.2) is 5.91 Å². The number of hydrogen-bond acceptors (Lipinski definition) is 3. The Hall–Kier alpha value is -2.64. The lowest BCUT2D eigenvalue weighted by Gasteiger charge is -2.11. The van der Waals surface area contributed by atoms with Gasteiger partial charge in [-0.15, -0.1) is 0 Å². The molecule has 124 valence electrons. The first kappa shape index (κ1) is 17.7. The summed E-state index contributed by atoms with van der Waals surface area (Å²) in [5, 5.41) is 15.2. The van der Waals surface area contributed by atoms with Gasteiger partial charge < -0.3 is 10.6 Å². The van der Waals surface area contributed by atoms with Crippen molar-refractivity contribution in [3.8, 4) is 6.07 Å². The maximum atomic E-state index is 12.0. The van der Waals surface area contributed by atoms with E-state index in [1.54, 1.807) is 6.07 Å². The van der Waals surface area contributed by atoms with E-state index in [0.717, 1.165) is 23.2 Å². The standard InChI is InChI=1S/C20H23N3O/c1-3-15(2)20(24)23-19-9-5-8-18(11-19)14-22-13-17-7-4-6-16(10-17)12-21/h4-11,15,22H,3,13-14H2,1-2H3,(H,23,24). The summed E-state index contributed by atoms with van der Waals surface area (Å²) in [4.78, 5) is 12.0. The van der Waals surface area contributed by atoms with E-state index >= 15 is 0 Å². The van der Waals surface area contributed by atoms with E-state index in [2.05, 4.69) is 16.7 Å². The van der Waals surface area contributed by atoms with E-state index in [9.17, 15) is 4.79 Å². The highest BCUT2D eigenvalue weighted by Crippen LogP contribution is 2.13. The number of hydrogen-bond donors (Lipinski definition) is 2. The molecule has 0 aliphatic carbocycles. The van der Waals surface area contributed by atoms with Crippen LogP contribution in [0.4, 0.5) is 5.69 Å². The van der Waals surface area contributed by atoms with E-state index in [1.165, 1.54) is 0 Å². The van der Waals surface area contributed by atoms with Gasteiger partial charge in [-0.1, -0.05) is 38.1 Å². The van der Waals surface area contributed by atoms with Crippen molar-refractivity contribution in [3.63, 3.8) is 0 Å². The van der Waals surface area contributed by atoms with Gasteiger partial charge in [0.15, 0.2) is 0 Å². The highest BCUT2D eigenvalue weighted by molar-refractivity contribution is 5.92. The fourth-order valence-corrected chi connectivity index (χ4v) is 2.31. The summed E-state index contributed by atoms with van der Waals surface area (Å²) in [5.74, 6) is 0.0649. The summed E-state index contributed by atoms with van der Waals surface area (Å²) in [5.41, 5.74) is 3.68. The number of nitrogens with one attached hydrogen (secondary N) is 2. The Morgan fingerprint density at radius 2 is 1.79 bits per heavy atom. The first-order chi connectivity index (χ1) is 11.6. The zero-order chi connectivity index (χ0) is 17.4. The molecule has 0 saturated carbocycles. The number of carbonyl (C=O) groups is 1. The van der Waals surface area contributed by atoms with Crippen LogP contribution in [0.5, 0.6) is 0 Å². The van der Waals surface area contributed by atoms with Crippen molar-refractivity contribution in [2.75, 3.05) is 5.32 Å². The summed E-state index contributed by atoms with van der Waals surface area (Å²) >= 11 is 0. The Kier molecular flexibility index (Phi) is 6.53. The van der Waals surface area contributed by atoms with Crippen LogP contribution in [0.25, 0.3) is 0 Å². The Morgan fingerprint density at radius 1 is 1.12 bits per heavy atom. The predicted molar refractivity (Wildman–Crippen MR) is 96.2 cm³/mol. The van der Waals surface area contributed by atoms with Gasteiger partial charge in [-0.3, -0.25) is 4.79 Å². The van der Waals surface area contributed by atoms with E-state index in [0.29, 0.717) is 18.7 Å². The van der Waals surface area contributed by atoms with Crippen LogP contribution in [-0.2, 0) is 17.9 Å². The highest BCUT2D eigenvalue weighted by atomic mass is 16.1. The maximum Gasteiger partial charge on any atom is 0.227 e. The second-order valence-electron chi connectivity index (χ2n) is 5.91. The minimum Gasteiger partial charge on any atom is -0.326 e. The lowest BCUT2D eigenvalue weighted by Crippen LogP contribution is -2.20. The largest absolute Gasteiger partial charge is 0.326 e. The van der Waals surface area contributed by atoms with Crippen LogP contribution in [0.15, 0.2) is 48.5 Å². The van der Waals surface area contributed by atoms with Gasteiger partial charge >= 0.3 is 0 Å². The number of anilines is 1. The molecule has 4 nitrogen and oxygen atoms in total. The zero-order valence-corrected chi connectivity index (χ0v) is 14.2. The minimum absolute atomic E-state index is 0.0131. The van der Waals surface area contributed by atoms with Crippen LogP contribution >= 0.6 is 0 Å². The molecule has 2 rings (SSSR count). The van der Waals surface area contributed by atoms with E-state index in [-0.39, 0.29) is 11.8 Å². The molecule has 0 fully saturated rings. The van der Waals surface area contributed by atoms with Crippen molar-refractivity contribution in [3.05, 3.63) is 65.2 Å². The second kappa shape index (κ2) is 8.85. The van der Waals surface area contributed by atoms with Gasteiger partial charge in [0, 0.05) is 24.7 Å². The summed E-state index contributed by atoms with van der Waals surface area (Å²) in [7, 11) is 0. The third-order valence-electron chi connectivity index (χ3n) is 3.97. The van der Waals surface area contributed by atoms with Gasteiger partial charge in [-0.05, 0) is 41.8 Å². The molecule has 0 heterocycles. The quantitative estimate of drug-likeness (QED) is 0.814. The van der Waals surface area contributed by atoms with Crippen molar-refractivity contribution < 1.29 is 4.79 Å². The summed E-state index contributed by atoms with van der Waals surface area (Å²) < 4.78 is 0. The molecule has 0 aliphatic heterocycles. The molecule has 0 saturated heterocycles. The molecular weight excluding hydrogens is 298 g/mol. The van der Waals surface area contributed by atoms with Gasteiger partial charge in [0.1, 0.15) is 0 Å². The third kappa shape index (κ3) is 5.22. The van der Waals surface area contributed by atoms with Crippen molar-refractivity contribution in [1.82, 2.24) is 5.32 Å². The van der Waals surface area contributed by atoms with Crippen LogP contribution in [0.3, 0.4) is 0 Å². The highest BCUT2D eigenvalue weighted by Gasteiger charge is 2.10. The zero-order valence-electron chi connectivity index (χ0n) is 14.2. The van der Waals surface area contributed by atoms with Crippen LogP contribution < -0.4 is 10.6 Å². The number of rotatable bonds is 7. The summed E-state index contributed by atoms with van der Waals surface area (Å²) in [6.45, 7) is 5.32. The molecule has 0 radical (unpaired) electrons. The van der Waals surface area contributed by atoms with Gasteiger partial charge in [-0.2, -0.15) is 5.26 Å². The molecule has 0 bridgehead atoms. The molecule has 1 atom stereocenters. The number of benzene rings is 2. The normalized spacial score (nSPS) is 11.5. The first-order valence-electron chi connectivity index (χ1n) is 8.22. The molecule has 2 aromatic carbocycles. The monoisotopic (exact) mass is 321 g/mol. The van der Waals surface area contributed by atoms with Crippen LogP contribution in [0.2, 0.25) is 0 Å². The summed E-state index contributed by atoms with van der Waals surface area (Å²) in [6.07, 6.45) is 0.828. The maximum absolute atomic E-state index is 12.0. The topological polar surface area (TPSA) is 64.9 Å². The molecule has 2 N–H and O–H groups in total. The van der Waals surface area contributed by atoms with Crippen molar-refractivity contribution in [2.24, 2.45) is 5.92 Å². The van der Waals surface area contributed by atoms with Gasteiger partial charge in [-0.25, -0.2) is 0 Å². The minimum atomic E-state index is 0.0131. The van der Waals surface area contributed by atoms with Gasteiger partial charge in [0.25, 0.3) is 0 Å². The molecule has 0 aromatic heterocycles. The van der Waals surface area contributed by atoms with Crippen molar-refractivity contribution in [1.29, 1.82) is 5.26 Å². The average Bonchev–Trinajstić information content (AvgIpc) is 2.61. The SMILES string of the molecule is CCC(C)C(=O)Nc1cccc(CNCc2cccc(C#N)c2)c1. The summed E-state index contributed by atoms with van der Waals surface area (Å²) in [6, 6.07) is 17.6. The number of nitriles is 1. The Morgan fingerprint density at radius 3 is 2.46 bits per heavy atom. The number of nitrogens with zero attached hydrogens (tertiary/aromatic N) is 1. The Labute approximate surface area is 143 Å². The molecule has 1 amide bonds. The molecule has 4 heteroatoms. The molecule has 0 aliphatic rings. The van der Waals surface area contributed by atoms with E-state index in [4.69, 9.17) is 5.26 Å².